The van der Waals surface area contributed by atoms with E-state index in [1.807, 2.05) is 25.1 Å². The van der Waals surface area contributed by atoms with Crippen molar-refractivity contribution in [3.63, 3.8) is 0 Å². The van der Waals surface area contributed by atoms with Crippen LogP contribution in [0.3, 0.4) is 0 Å². The van der Waals surface area contributed by atoms with Crippen LogP contribution in [0.15, 0.2) is 24.3 Å². The van der Waals surface area contributed by atoms with Gasteiger partial charge in [-0.15, -0.1) is 0 Å². The van der Waals surface area contributed by atoms with E-state index in [4.69, 9.17) is 4.74 Å². The van der Waals surface area contributed by atoms with Gasteiger partial charge in [0.25, 0.3) is 5.91 Å². The highest BCUT2D eigenvalue weighted by molar-refractivity contribution is 14.1. The lowest BCUT2D eigenvalue weighted by Gasteiger charge is -2.44. The number of hydrogen-bond acceptors (Lipinski definition) is 5. The van der Waals surface area contributed by atoms with E-state index in [0.29, 0.717) is 5.69 Å². The van der Waals surface area contributed by atoms with Gasteiger partial charge in [-0.05, 0) is 50.8 Å². The van der Waals surface area contributed by atoms with Crippen LogP contribution in [0.2, 0.25) is 0 Å². The maximum Gasteiger partial charge on any atom is 0.358 e. The van der Waals surface area contributed by atoms with E-state index >= 15 is 0 Å². The van der Waals surface area contributed by atoms with Crippen LogP contribution in [0.1, 0.15) is 71.6 Å². The molecule has 33 heavy (non-hydrogen) atoms. The summed E-state index contributed by atoms with van der Waals surface area (Å²) in [5.41, 5.74) is 1.79. The van der Waals surface area contributed by atoms with Crippen LogP contribution in [0.25, 0.3) is 0 Å². The summed E-state index contributed by atoms with van der Waals surface area (Å²) in [5, 5.41) is 7.50. The van der Waals surface area contributed by atoms with Crippen molar-refractivity contribution in [2.75, 3.05) is 11.5 Å². The third-order valence-electron chi connectivity index (χ3n) is 6.49. The molecule has 1 N–H and O–H groups in total. The first-order valence-electron chi connectivity index (χ1n) is 11.3. The van der Waals surface area contributed by atoms with Crippen molar-refractivity contribution in [3.8, 4) is 0 Å². The molecule has 8 nitrogen and oxygen atoms in total. The van der Waals surface area contributed by atoms with Crippen LogP contribution in [0.4, 0.5) is 5.69 Å². The van der Waals surface area contributed by atoms with Gasteiger partial charge in [0.2, 0.25) is 5.91 Å². The monoisotopic (exact) mass is 564 g/mol. The van der Waals surface area contributed by atoms with E-state index in [9.17, 15) is 14.4 Å². The molecule has 1 aliphatic heterocycles. The van der Waals surface area contributed by atoms with Gasteiger partial charge in [-0.1, -0.05) is 47.6 Å². The Hall–Kier alpha value is -2.43. The molecule has 4 rings (SSSR count). The van der Waals surface area contributed by atoms with Gasteiger partial charge in [0, 0.05) is 22.2 Å². The van der Waals surface area contributed by atoms with Crippen molar-refractivity contribution in [1.29, 1.82) is 0 Å². The molecule has 2 aromatic rings. The lowest BCUT2D eigenvalue weighted by molar-refractivity contribution is -0.127. The van der Waals surface area contributed by atoms with E-state index in [0.717, 1.165) is 41.2 Å². The van der Waals surface area contributed by atoms with Gasteiger partial charge >= 0.3 is 5.97 Å². The second kappa shape index (κ2) is 9.44. The van der Waals surface area contributed by atoms with Gasteiger partial charge in [0.1, 0.15) is 11.2 Å². The molecule has 176 valence electrons. The number of esters is 1. The molecule has 1 unspecified atom stereocenters. The number of anilines is 1. The van der Waals surface area contributed by atoms with Crippen molar-refractivity contribution in [2.45, 2.75) is 69.0 Å². The van der Waals surface area contributed by atoms with E-state index < -0.39 is 11.5 Å². The van der Waals surface area contributed by atoms with E-state index in [1.165, 1.54) is 10.7 Å². The third kappa shape index (κ3) is 4.39. The van der Waals surface area contributed by atoms with Crippen LogP contribution in [0, 0.1) is 6.92 Å². The summed E-state index contributed by atoms with van der Waals surface area (Å²) in [6, 6.07) is 7.54. The first-order chi connectivity index (χ1) is 15.8. The van der Waals surface area contributed by atoms with Crippen LogP contribution in [0.5, 0.6) is 0 Å². The van der Waals surface area contributed by atoms with E-state index in [-0.39, 0.29) is 42.4 Å². The number of fused-ring (bicyclic) bond motifs is 1. The highest BCUT2D eigenvalue weighted by Crippen LogP contribution is 2.36. The molecule has 0 spiro atoms. The van der Waals surface area contributed by atoms with Gasteiger partial charge in [-0.2, -0.15) is 5.10 Å². The number of benzene rings is 1. The molecule has 0 radical (unpaired) electrons. The Kier molecular flexibility index (Phi) is 6.78. The highest BCUT2D eigenvalue weighted by Gasteiger charge is 2.50. The minimum Gasteiger partial charge on any atom is -0.461 e. The minimum absolute atomic E-state index is 0.0679. The summed E-state index contributed by atoms with van der Waals surface area (Å²) >= 11 is 2.28. The summed E-state index contributed by atoms with van der Waals surface area (Å²) in [7, 11) is 0. The Balaban J connectivity index is 1.81. The zero-order valence-corrected chi connectivity index (χ0v) is 21.3. The smallest absolute Gasteiger partial charge is 0.358 e. The molecular formula is C24H29IN4O4. The molecule has 1 fully saturated rings. The summed E-state index contributed by atoms with van der Waals surface area (Å²) in [4.78, 5) is 41.4. The number of rotatable bonds is 6. The number of hydrogen-bond donors (Lipinski definition) is 1. The number of halogens is 1. The van der Waals surface area contributed by atoms with Gasteiger partial charge in [0.05, 0.1) is 13.2 Å². The summed E-state index contributed by atoms with van der Waals surface area (Å²) < 4.78 is 7.32. The standard InChI is InChI=1S/C24H29IN4O4/c1-4-33-22(31)18-12-20-21(30)29(19-11-16(13-25)10-9-15(19)2)24(3,14-28(20)27-18)23(32)26-17-7-5-6-8-17/h9-12,17H,4-8,13-14H2,1-3H3,(H,26,32). The second-order valence-electron chi connectivity index (χ2n) is 8.92. The summed E-state index contributed by atoms with van der Waals surface area (Å²) in [6.07, 6.45) is 4.07. The van der Waals surface area contributed by atoms with Crippen LogP contribution >= 0.6 is 22.6 Å². The van der Waals surface area contributed by atoms with Crippen LogP contribution in [-0.2, 0) is 20.5 Å². The molecular weight excluding hydrogens is 535 g/mol. The van der Waals surface area contributed by atoms with Crippen molar-refractivity contribution >= 4 is 46.1 Å². The predicted molar refractivity (Wildman–Crippen MR) is 133 cm³/mol. The number of nitrogens with one attached hydrogen (secondary N) is 1. The molecule has 2 heterocycles. The number of aryl methyl sites for hydroxylation is 1. The topological polar surface area (TPSA) is 93.5 Å². The number of nitrogens with zero attached hydrogens (tertiary/aromatic N) is 3. The Labute approximate surface area is 207 Å². The maximum absolute atomic E-state index is 13.9. The molecule has 1 aliphatic carbocycles. The zero-order valence-electron chi connectivity index (χ0n) is 19.2. The van der Waals surface area contributed by atoms with Crippen molar-refractivity contribution in [1.82, 2.24) is 15.1 Å². The zero-order chi connectivity index (χ0) is 23.8. The Morgan fingerprint density at radius 2 is 2.00 bits per heavy atom. The predicted octanol–water partition coefficient (Wildman–Crippen LogP) is 3.78. The normalized spacial score (nSPS) is 20.6. The fourth-order valence-electron chi connectivity index (χ4n) is 4.65. The van der Waals surface area contributed by atoms with E-state index in [2.05, 4.69) is 33.0 Å². The van der Waals surface area contributed by atoms with Crippen molar-refractivity contribution < 1.29 is 19.1 Å². The average molecular weight is 564 g/mol. The molecule has 0 saturated heterocycles. The molecule has 2 amide bonds. The molecule has 1 aromatic carbocycles. The Morgan fingerprint density at radius 1 is 1.27 bits per heavy atom. The fourth-order valence-corrected chi connectivity index (χ4v) is 5.13. The number of alkyl halides is 1. The largest absolute Gasteiger partial charge is 0.461 e. The quantitative estimate of drug-likeness (QED) is 0.328. The summed E-state index contributed by atoms with van der Waals surface area (Å²) in [5.74, 6) is -1.15. The number of carbonyl (C=O) groups excluding carboxylic acids is 3. The fraction of sp³-hybridized carbons (Fsp3) is 0.500. The van der Waals surface area contributed by atoms with Crippen LogP contribution < -0.4 is 10.2 Å². The first kappa shape index (κ1) is 23.7. The highest BCUT2D eigenvalue weighted by atomic mass is 127. The molecule has 1 saturated carbocycles. The Bertz CT molecular complexity index is 1090. The first-order valence-corrected chi connectivity index (χ1v) is 12.9. The minimum atomic E-state index is -1.21. The second-order valence-corrected chi connectivity index (χ2v) is 9.68. The lowest BCUT2D eigenvalue weighted by Crippen LogP contribution is -2.65. The number of amides is 2. The van der Waals surface area contributed by atoms with Crippen molar-refractivity contribution in [3.05, 3.63) is 46.8 Å². The van der Waals surface area contributed by atoms with Crippen molar-refractivity contribution in [2.24, 2.45) is 0 Å². The average Bonchev–Trinajstić information content (AvgIpc) is 3.45. The molecule has 9 heteroatoms. The molecule has 0 bridgehead atoms. The van der Waals surface area contributed by atoms with Gasteiger partial charge in [0.15, 0.2) is 5.69 Å². The maximum atomic E-state index is 13.9. The van der Waals surface area contributed by atoms with Crippen LogP contribution in [-0.4, -0.2) is 45.8 Å². The van der Waals surface area contributed by atoms with Gasteiger partial charge < -0.3 is 10.1 Å². The molecule has 2 aliphatic rings. The number of carbonyl (C=O) groups is 3. The van der Waals surface area contributed by atoms with Gasteiger partial charge in [-0.25, -0.2) is 4.79 Å². The van der Waals surface area contributed by atoms with E-state index in [1.54, 1.807) is 18.7 Å². The molecule has 1 atom stereocenters. The number of aromatic nitrogens is 2. The van der Waals surface area contributed by atoms with Gasteiger partial charge in [-0.3, -0.25) is 19.2 Å². The lowest BCUT2D eigenvalue weighted by atomic mass is 9.92. The summed E-state index contributed by atoms with van der Waals surface area (Å²) in [6.45, 7) is 5.78. The third-order valence-corrected chi connectivity index (χ3v) is 7.37. The Morgan fingerprint density at radius 3 is 2.67 bits per heavy atom. The number of ether oxygens (including phenoxy) is 1. The molecule has 1 aromatic heterocycles. The SMILES string of the molecule is CCOC(=O)c1cc2n(n1)CC(C)(C(=O)NC1CCCC1)N(c1cc(CI)ccc1C)C2=O.